The second kappa shape index (κ2) is 4.05. The maximum Gasteiger partial charge on any atom is 0.251 e. The summed E-state index contributed by atoms with van der Waals surface area (Å²) < 4.78 is 0. The van der Waals surface area contributed by atoms with Gasteiger partial charge >= 0.3 is 0 Å². The van der Waals surface area contributed by atoms with Crippen LogP contribution in [0.15, 0.2) is 18.2 Å². The van der Waals surface area contributed by atoms with E-state index in [1.165, 1.54) is 17.5 Å². The van der Waals surface area contributed by atoms with Crippen LogP contribution >= 0.6 is 0 Å². The summed E-state index contributed by atoms with van der Waals surface area (Å²) in [4.78, 5) is 11.5. The Labute approximate surface area is 90.7 Å². The van der Waals surface area contributed by atoms with E-state index in [0.29, 0.717) is 0 Å². The van der Waals surface area contributed by atoms with Gasteiger partial charge in [-0.1, -0.05) is 13.0 Å². The Morgan fingerprint density at radius 3 is 2.93 bits per heavy atom. The van der Waals surface area contributed by atoms with Gasteiger partial charge in [0.2, 0.25) is 0 Å². The molecular formula is C13H17NO. The molecular weight excluding hydrogens is 186 g/mol. The molecule has 0 saturated carbocycles. The van der Waals surface area contributed by atoms with Crippen molar-refractivity contribution in [1.29, 1.82) is 0 Å². The van der Waals surface area contributed by atoms with E-state index in [9.17, 15) is 4.79 Å². The Bertz CT molecular complexity index is 384. The van der Waals surface area contributed by atoms with Crippen LogP contribution in [0.5, 0.6) is 0 Å². The molecule has 2 nitrogen and oxygen atoms in total. The molecule has 0 aliphatic heterocycles. The van der Waals surface area contributed by atoms with Crippen LogP contribution in [-0.2, 0) is 12.8 Å². The van der Waals surface area contributed by atoms with Gasteiger partial charge in [-0.3, -0.25) is 4.79 Å². The van der Waals surface area contributed by atoms with Gasteiger partial charge in [0.05, 0.1) is 0 Å². The third-order valence-electron chi connectivity index (χ3n) is 3.17. The van der Waals surface area contributed by atoms with Crippen molar-refractivity contribution >= 4 is 5.91 Å². The van der Waals surface area contributed by atoms with Crippen molar-refractivity contribution in [3.05, 3.63) is 34.9 Å². The van der Waals surface area contributed by atoms with Crippen molar-refractivity contribution in [3.63, 3.8) is 0 Å². The molecule has 80 valence electrons. The van der Waals surface area contributed by atoms with Gasteiger partial charge in [-0.2, -0.15) is 0 Å². The van der Waals surface area contributed by atoms with Crippen molar-refractivity contribution < 1.29 is 4.79 Å². The molecule has 0 fully saturated rings. The zero-order valence-corrected chi connectivity index (χ0v) is 9.34. The fourth-order valence-corrected chi connectivity index (χ4v) is 2.22. The molecule has 2 heteroatoms. The fraction of sp³-hybridized carbons (Fsp3) is 0.462. The van der Waals surface area contributed by atoms with Gasteiger partial charge in [0.1, 0.15) is 0 Å². The number of nitrogens with one attached hydrogen (secondary N) is 1. The van der Waals surface area contributed by atoms with Crippen molar-refractivity contribution in [1.82, 2.24) is 5.32 Å². The predicted octanol–water partition coefficient (Wildman–Crippen LogP) is 2.17. The van der Waals surface area contributed by atoms with Crippen molar-refractivity contribution in [3.8, 4) is 0 Å². The van der Waals surface area contributed by atoms with E-state index in [0.717, 1.165) is 24.3 Å². The zero-order chi connectivity index (χ0) is 10.8. The molecule has 15 heavy (non-hydrogen) atoms. The van der Waals surface area contributed by atoms with Crippen molar-refractivity contribution in [2.24, 2.45) is 5.92 Å². The van der Waals surface area contributed by atoms with E-state index >= 15 is 0 Å². The van der Waals surface area contributed by atoms with Gasteiger partial charge in [0.15, 0.2) is 0 Å². The first kappa shape index (κ1) is 10.2. The monoisotopic (exact) mass is 203 g/mol. The molecule has 0 aromatic heterocycles. The van der Waals surface area contributed by atoms with Crippen molar-refractivity contribution in [2.45, 2.75) is 26.2 Å². The molecule has 1 aliphatic rings. The van der Waals surface area contributed by atoms with Gasteiger partial charge in [-0.05, 0) is 48.4 Å². The minimum absolute atomic E-state index is 0.0106. The molecule has 1 aromatic rings. The molecule has 0 saturated heterocycles. The quantitative estimate of drug-likeness (QED) is 0.744. The van der Waals surface area contributed by atoms with E-state index < -0.39 is 0 Å². The van der Waals surface area contributed by atoms with E-state index in [1.54, 1.807) is 7.05 Å². The number of hydrogen-bond donors (Lipinski definition) is 1. The molecule has 0 bridgehead atoms. The van der Waals surface area contributed by atoms with E-state index in [4.69, 9.17) is 0 Å². The number of rotatable bonds is 1. The van der Waals surface area contributed by atoms with Gasteiger partial charge < -0.3 is 5.32 Å². The predicted molar refractivity (Wildman–Crippen MR) is 61.0 cm³/mol. The molecule has 2 rings (SSSR count). The van der Waals surface area contributed by atoms with Crippen molar-refractivity contribution in [2.75, 3.05) is 7.05 Å². The largest absolute Gasteiger partial charge is 0.355 e. The molecule has 1 amide bonds. The Balaban J connectivity index is 2.30. The van der Waals surface area contributed by atoms with Crippen LogP contribution in [0.4, 0.5) is 0 Å². The summed E-state index contributed by atoms with van der Waals surface area (Å²) >= 11 is 0. The molecule has 0 radical (unpaired) electrons. The Hall–Kier alpha value is -1.31. The highest BCUT2D eigenvalue weighted by Gasteiger charge is 2.16. The summed E-state index contributed by atoms with van der Waals surface area (Å²) in [6, 6.07) is 6.07. The number of amides is 1. The second-order valence-electron chi connectivity index (χ2n) is 4.41. The van der Waals surface area contributed by atoms with E-state index in [1.807, 2.05) is 12.1 Å². The average molecular weight is 203 g/mol. The first-order valence-corrected chi connectivity index (χ1v) is 5.54. The van der Waals surface area contributed by atoms with Gasteiger partial charge in [-0.25, -0.2) is 0 Å². The molecule has 1 unspecified atom stereocenters. The number of fused-ring (bicyclic) bond motifs is 1. The maximum atomic E-state index is 11.5. The first-order valence-electron chi connectivity index (χ1n) is 5.54. The number of aryl methyl sites for hydroxylation is 1. The summed E-state index contributed by atoms with van der Waals surface area (Å²) in [5.41, 5.74) is 3.56. The zero-order valence-electron chi connectivity index (χ0n) is 9.34. The molecule has 1 N–H and O–H groups in total. The van der Waals surface area contributed by atoms with Gasteiger partial charge in [0.25, 0.3) is 5.91 Å². The van der Waals surface area contributed by atoms with Crippen LogP contribution < -0.4 is 5.32 Å². The maximum absolute atomic E-state index is 11.5. The van der Waals surface area contributed by atoms with Crippen LogP contribution in [0.1, 0.15) is 34.8 Å². The minimum atomic E-state index is 0.0106. The fourth-order valence-electron chi connectivity index (χ4n) is 2.22. The summed E-state index contributed by atoms with van der Waals surface area (Å²) in [6.07, 6.45) is 3.51. The molecule has 1 atom stereocenters. The lowest BCUT2D eigenvalue weighted by Crippen LogP contribution is -2.19. The summed E-state index contributed by atoms with van der Waals surface area (Å²) in [7, 11) is 1.67. The Kier molecular flexibility index (Phi) is 2.76. The smallest absolute Gasteiger partial charge is 0.251 e. The standard InChI is InChI=1S/C13H17NO/c1-9-3-4-11-8-12(13(15)14-2)6-5-10(11)7-9/h5-6,8-9H,3-4,7H2,1-2H3,(H,14,15). The number of benzene rings is 1. The van der Waals surface area contributed by atoms with Crippen LogP contribution in [0.3, 0.4) is 0 Å². The highest BCUT2D eigenvalue weighted by molar-refractivity contribution is 5.94. The molecule has 1 aromatic carbocycles. The summed E-state index contributed by atoms with van der Waals surface area (Å²) in [6.45, 7) is 2.29. The lowest BCUT2D eigenvalue weighted by Gasteiger charge is -2.21. The van der Waals surface area contributed by atoms with Crippen LogP contribution in [0.2, 0.25) is 0 Å². The second-order valence-corrected chi connectivity index (χ2v) is 4.41. The molecule has 0 spiro atoms. The third-order valence-corrected chi connectivity index (χ3v) is 3.17. The average Bonchev–Trinajstić information content (AvgIpc) is 2.27. The van der Waals surface area contributed by atoms with Gasteiger partial charge in [-0.15, -0.1) is 0 Å². The van der Waals surface area contributed by atoms with Gasteiger partial charge in [0, 0.05) is 12.6 Å². The van der Waals surface area contributed by atoms with Crippen LogP contribution in [0.25, 0.3) is 0 Å². The lowest BCUT2D eigenvalue weighted by atomic mass is 9.84. The number of carbonyl (C=O) groups excluding carboxylic acids is 1. The van der Waals surface area contributed by atoms with E-state index in [2.05, 4.69) is 18.3 Å². The summed E-state index contributed by atoms with van der Waals surface area (Å²) in [5, 5.41) is 2.66. The van der Waals surface area contributed by atoms with Crippen LogP contribution in [0, 0.1) is 5.92 Å². The van der Waals surface area contributed by atoms with E-state index in [-0.39, 0.29) is 5.91 Å². The molecule has 0 heterocycles. The number of carbonyl (C=O) groups is 1. The SMILES string of the molecule is CNC(=O)c1ccc2c(c1)CCC(C)C2. The normalized spacial score (nSPS) is 19.5. The third kappa shape index (κ3) is 2.04. The Morgan fingerprint density at radius 2 is 2.20 bits per heavy atom. The van der Waals surface area contributed by atoms with Crippen LogP contribution in [-0.4, -0.2) is 13.0 Å². The molecule has 1 aliphatic carbocycles. The highest BCUT2D eigenvalue weighted by Crippen LogP contribution is 2.25. The minimum Gasteiger partial charge on any atom is -0.355 e. The first-order chi connectivity index (χ1) is 7.20. The summed E-state index contributed by atoms with van der Waals surface area (Å²) in [5.74, 6) is 0.791. The topological polar surface area (TPSA) is 29.1 Å². The lowest BCUT2D eigenvalue weighted by molar-refractivity contribution is 0.0963. The Morgan fingerprint density at radius 1 is 1.40 bits per heavy atom. The number of hydrogen-bond acceptors (Lipinski definition) is 1. The highest BCUT2D eigenvalue weighted by atomic mass is 16.1.